The normalized spacial score (nSPS) is 11.8. The molecule has 0 aliphatic rings. The van der Waals surface area contributed by atoms with Crippen molar-refractivity contribution < 1.29 is 26.7 Å². The van der Waals surface area contributed by atoms with Gasteiger partial charge in [0.25, 0.3) is 5.91 Å². The lowest BCUT2D eigenvalue weighted by molar-refractivity contribution is -0.114. The Balaban J connectivity index is 2.29. The van der Waals surface area contributed by atoms with Gasteiger partial charge in [-0.05, 0) is 55.0 Å². The van der Waals surface area contributed by atoms with E-state index >= 15 is 0 Å². The Labute approximate surface area is 159 Å². The maximum Gasteiger partial charge on any atom is 0.275 e. The average Bonchev–Trinajstić information content (AvgIpc) is 2.57. The van der Waals surface area contributed by atoms with E-state index in [0.717, 1.165) is 24.3 Å². The smallest absolute Gasteiger partial charge is 0.275 e. The van der Waals surface area contributed by atoms with Crippen molar-refractivity contribution in [1.82, 2.24) is 0 Å². The van der Waals surface area contributed by atoms with Crippen LogP contribution in [0.5, 0.6) is 11.5 Å². The number of guanidine groups is 1. The second kappa shape index (κ2) is 8.15. The first-order chi connectivity index (χ1) is 13.0. The molecule has 0 heterocycles. The molecule has 0 bridgehead atoms. The van der Waals surface area contributed by atoms with Crippen LogP contribution in [0.3, 0.4) is 0 Å². The van der Waals surface area contributed by atoms with Crippen LogP contribution in [0.25, 0.3) is 6.08 Å². The van der Waals surface area contributed by atoms with Gasteiger partial charge in [-0.15, -0.1) is 0 Å². The number of sulfonamides is 1. The van der Waals surface area contributed by atoms with Crippen LogP contribution in [0, 0.1) is 11.6 Å². The highest BCUT2D eigenvalue weighted by Crippen LogP contribution is 2.30. The molecule has 0 atom stereocenters. The molecule has 0 radical (unpaired) electrons. The summed E-state index contributed by atoms with van der Waals surface area (Å²) in [6, 6.07) is 6.56. The van der Waals surface area contributed by atoms with Crippen molar-refractivity contribution in [3.05, 3.63) is 59.2 Å². The summed E-state index contributed by atoms with van der Waals surface area (Å²) in [5, 5.41) is 4.97. The topological polar surface area (TPSA) is 151 Å². The third-order valence-electron chi connectivity index (χ3n) is 3.34. The van der Waals surface area contributed by atoms with Crippen molar-refractivity contribution in [3.63, 3.8) is 0 Å². The van der Waals surface area contributed by atoms with Gasteiger partial charge >= 0.3 is 0 Å². The highest BCUT2D eigenvalue weighted by atomic mass is 32.2. The number of benzene rings is 2. The molecule has 11 heteroatoms. The molecule has 0 aliphatic carbocycles. The summed E-state index contributed by atoms with van der Waals surface area (Å²) < 4.78 is 56.1. The number of rotatable bonds is 5. The molecule has 1 amide bonds. The summed E-state index contributed by atoms with van der Waals surface area (Å²) in [7, 11) is -3.90. The third-order valence-corrected chi connectivity index (χ3v) is 4.27. The summed E-state index contributed by atoms with van der Waals surface area (Å²) in [6.45, 7) is 1.38. The predicted octanol–water partition coefficient (Wildman–Crippen LogP) is 1.61. The number of carbonyl (C=O) groups is 1. The SMILES string of the molecule is C/C(=C/c1cc(F)c(Oc2ccc(S(N)(=O)=O)cc2)c(F)c1)C(=O)N=C(N)N. The highest BCUT2D eigenvalue weighted by Gasteiger charge is 2.15. The molecule has 0 fully saturated rings. The fourth-order valence-corrected chi connectivity index (χ4v) is 2.61. The maximum absolute atomic E-state index is 14.3. The van der Waals surface area contributed by atoms with Crippen LogP contribution < -0.4 is 21.3 Å². The van der Waals surface area contributed by atoms with E-state index in [1.807, 2.05) is 0 Å². The van der Waals surface area contributed by atoms with Crippen LogP contribution >= 0.6 is 0 Å². The first-order valence-electron chi connectivity index (χ1n) is 7.59. The molecule has 0 aliphatic heterocycles. The fourth-order valence-electron chi connectivity index (χ4n) is 2.09. The van der Waals surface area contributed by atoms with Crippen LogP contribution in [0.4, 0.5) is 8.78 Å². The predicted molar refractivity (Wildman–Crippen MR) is 98.7 cm³/mol. The number of halogens is 2. The number of hydrogen-bond acceptors (Lipinski definition) is 4. The van der Waals surface area contributed by atoms with Crippen molar-refractivity contribution >= 4 is 28.0 Å². The Morgan fingerprint density at radius 2 is 1.64 bits per heavy atom. The standard InChI is InChI=1S/C17H16F2N4O4S/c1-9(16(24)23-17(20)21)6-10-7-13(18)15(14(19)8-10)27-11-2-4-12(5-3-11)28(22,25)26/h2-8H,1H3,(H2,22,25,26)(H4,20,21,23,24)/b9-6-. The Kier molecular flexibility index (Phi) is 6.11. The Bertz CT molecular complexity index is 1050. The van der Waals surface area contributed by atoms with Crippen LogP contribution in [-0.4, -0.2) is 20.3 Å². The van der Waals surface area contributed by atoms with Crippen molar-refractivity contribution in [2.24, 2.45) is 21.6 Å². The first-order valence-corrected chi connectivity index (χ1v) is 9.14. The number of hydrogen-bond donors (Lipinski definition) is 3. The van der Waals surface area contributed by atoms with Gasteiger partial charge in [0, 0.05) is 5.57 Å². The van der Waals surface area contributed by atoms with E-state index in [1.165, 1.54) is 25.1 Å². The number of carbonyl (C=O) groups excluding carboxylic acids is 1. The Hall–Kier alpha value is -3.31. The largest absolute Gasteiger partial charge is 0.451 e. The zero-order valence-electron chi connectivity index (χ0n) is 14.5. The van der Waals surface area contributed by atoms with E-state index in [4.69, 9.17) is 21.3 Å². The number of nitrogens with two attached hydrogens (primary N) is 3. The molecule has 0 unspecified atom stereocenters. The maximum atomic E-state index is 14.3. The molecule has 148 valence electrons. The minimum Gasteiger partial charge on any atom is -0.451 e. The van der Waals surface area contributed by atoms with Gasteiger partial charge in [0.05, 0.1) is 4.90 Å². The molecule has 28 heavy (non-hydrogen) atoms. The highest BCUT2D eigenvalue weighted by molar-refractivity contribution is 7.89. The fraction of sp³-hybridized carbons (Fsp3) is 0.0588. The quantitative estimate of drug-likeness (QED) is 0.387. The Morgan fingerprint density at radius 3 is 2.11 bits per heavy atom. The molecule has 0 aromatic heterocycles. The summed E-state index contributed by atoms with van der Waals surface area (Å²) in [5.74, 6) is -3.97. The molecular formula is C17H16F2N4O4S. The van der Waals surface area contributed by atoms with E-state index in [1.54, 1.807) is 0 Å². The first kappa shape index (κ1) is 21.0. The second-order valence-corrected chi connectivity index (χ2v) is 7.16. The van der Waals surface area contributed by atoms with Crippen LogP contribution in [0.2, 0.25) is 0 Å². The van der Waals surface area contributed by atoms with E-state index in [0.29, 0.717) is 0 Å². The summed E-state index contributed by atoms with van der Waals surface area (Å²) in [4.78, 5) is 14.8. The average molecular weight is 410 g/mol. The van der Waals surface area contributed by atoms with Crippen LogP contribution in [-0.2, 0) is 14.8 Å². The van der Waals surface area contributed by atoms with E-state index in [2.05, 4.69) is 4.99 Å². The molecule has 0 saturated carbocycles. The summed E-state index contributed by atoms with van der Waals surface area (Å²) >= 11 is 0. The van der Waals surface area contributed by atoms with Gasteiger partial charge in [-0.25, -0.2) is 22.3 Å². The Morgan fingerprint density at radius 1 is 1.11 bits per heavy atom. The lowest BCUT2D eigenvalue weighted by Gasteiger charge is -2.09. The van der Waals surface area contributed by atoms with Gasteiger partial charge in [-0.2, -0.15) is 4.99 Å². The number of amides is 1. The molecule has 8 nitrogen and oxygen atoms in total. The molecule has 2 aromatic rings. The van der Waals surface area contributed by atoms with Crippen molar-refractivity contribution in [2.45, 2.75) is 11.8 Å². The molecular weight excluding hydrogens is 394 g/mol. The van der Waals surface area contributed by atoms with Gasteiger partial charge in [-0.1, -0.05) is 0 Å². The van der Waals surface area contributed by atoms with E-state index in [-0.39, 0.29) is 21.8 Å². The minimum atomic E-state index is -3.90. The van der Waals surface area contributed by atoms with E-state index < -0.39 is 39.3 Å². The molecule has 2 rings (SSSR count). The van der Waals surface area contributed by atoms with Crippen molar-refractivity contribution in [3.8, 4) is 11.5 Å². The van der Waals surface area contributed by atoms with Gasteiger partial charge in [0.15, 0.2) is 23.3 Å². The molecule has 0 saturated heterocycles. The lowest BCUT2D eigenvalue weighted by Crippen LogP contribution is -2.24. The van der Waals surface area contributed by atoms with Crippen molar-refractivity contribution in [2.75, 3.05) is 0 Å². The number of nitrogens with zero attached hydrogens (tertiary/aromatic N) is 1. The summed E-state index contributed by atoms with van der Waals surface area (Å²) in [6.07, 6.45) is 1.20. The van der Waals surface area contributed by atoms with Gasteiger partial charge in [-0.3, -0.25) is 4.79 Å². The van der Waals surface area contributed by atoms with Crippen molar-refractivity contribution in [1.29, 1.82) is 0 Å². The van der Waals surface area contributed by atoms with Gasteiger partial charge in [0.2, 0.25) is 10.0 Å². The summed E-state index contributed by atoms with van der Waals surface area (Å²) in [5.41, 5.74) is 10.3. The lowest BCUT2D eigenvalue weighted by atomic mass is 10.1. The molecule has 6 N–H and O–H groups in total. The zero-order chi connectivity index (χ0) is 21.1. The molecule has 2 aromatic carbocycles. The van der Waals surface area contributed by atoms with Crippen LogP contribution in [0.1, 0.15) is 12.5 Å². The number of primary sulfonamides is 1. The monoisotopic (exact) mass is 410 g/mol. The van der Waals surface area contributed by atoms with Crippen LogP contribution in [0.15, 0.2) is 51.9 Å². The van der Waals surface area contributed by atoms with Gasteiger partial charge < -0.3 is 16.2 Å². The van der Waals surface area contributed by atoms with Gasteiger partial charge in [0.1, 0.15) is 5.75 Å². The molecule has 0 spiro atoms. The number of aliphatic imine (C=N–C) groups is 1. The minimum absolute atomic E-state index is 0.00684. The third kappa shape index (κ3) is 5.34. The second-order valence-electron chi connectivity index (χ2n) is 5.60. The number of ether oxygens (including phenoxy) is 1. The zero-order valence-corrected chi connectivity index (χ0v) is 15.3. The van der Waals surface area contributed by atoms with E-state index in [9.17, 15) is 22.0 Å².